The molecule has 3 heteroatoms. The van der Waals surface area contributed by atoms with Crippen molar-refractivity contribution in [2.24, 2.45) is 0 Å². The summed E-state index contributed by atoms with van der Waals surface area (Å²) < 4.78 is 5.76. The number of benzene rings is 1. The van der Waals surface area contributed by atoms with Gasteiger partial charge in [0.05, 0.1) is 17.7 Å². The van der Waals surface area contributed by atoms with Crippen LogP contribution in [0.2, 0.25) is 0 Å². The maximum absolute atomic E-state index is 9.68. The van der Waals surface area contributed by atoms with Crippen molar-refractivity contribution in [3.05, 3.63) is 29.3 Å². The fraction of sp³-hybridized carbons (Fsp3) is 0.462. The Balaban J connectivity index is 2.17. The Morgan fingerprint density at radius 1 is 1.44 bits per heavy atom. The highest BCUT2D eigenvalue weighted by atomic mass is 16.5. The molecule has 1 fully saturated rings. The van der Waals surface area contributed by atoms with Crippen LogP contribution in [0, 0.1) is 18.3 Å². The molecule has 1 saturated carbocycles. The quantitative estimate of drug-likeness (QED) is 0.825. The van der Waals surface area contributed by atoms with Crippen molar-refractivity contribution in [3.63, 3.8) is 0 Å². The molecular formula is C13H15NO2. The molecule has 1 aromatic rings. The van der Waals surface area contributed by atoms with E-state index < -0.39 is 0 Å². The topological polar surface area (TPSA) is 53.2 Å². The molecule has 0 amide bonds. The highest BCUT2D eigenvalue weighted by Gasteiger charge is 2.27. The lowest BCUT2D eigenvalue weighted by Gasteiger charge is -2.18. The number of hydrogen-bond acceptors (Lipinski definition) is 3. The third kappa shape index (κ3) is 2.17. The van der Waals surface area contributed by atoms with Crippen LogP contribution in [0.1, 0.15) is 30.4 Å². The van der Waals surface area contributed by atoms with Gasteiger partial charge in [0, 0.05) is 0 Å². The van der Waals surface area contributed by atoms with E-state index in [1.807, 2.05) is 13.0 Å². The van der Waals surface area contributed by atoms with Gasteiger partial charge in [-0.15, -0.1) is 0 Å². The van der Waals surface area contributed by atoms with Gasteiger partial charge in [-0.25, -0.2) is 0 Å². The summed E-state index contributed by atoms with van der Waals surface area (Å²) in [4.78, 5) is 0. The maximum atomic E-state index is 9.68. The monoisotopic (exact) mass is 217 g/mol. The van der Waals surface area contributed by atoms with Gasteiger partial charge in [-0.3, -0.25) is 0 Å². The van der Waals surface area contributed by atoms with Gasteiger partial charge in [-0.05, 0) is 43.9 Å². The predicted molar refractivity (Wildman–Crippen MR) is 60.2 cm³/mol. The summed E-state index contributed by atoms with van der Waals surface area (Å²) in [6, 6.07) is 7.47. The first-order chi connectivity index (χ1) is 7.70. The molecule has 1 aromatic carbocycles. The van der Waals surface area contributed by atoms with E-state index in [2.05, 4.69) is 6.07 Å². The molecular weight excluding hydrogens is 202 g/mol. The van der Waals surface area contributed by atoms with E-state index in [1.54, 1.807) is 12.1 Å². The Morgan fingerprint density at radius 3 is 2.88 bits per heavy atom. The molecule has 2 atom stereocenters. The predicted octanol–water partition coefficient (Wildman–Crippen LogP) is 2.16. The lowest BCUT2D eigenvalue weighted by atomic mass is 10.1. The second-order valence-electron chi connectivity index (χ2n) is 4.25. The standard InChI is InChI=1S/C13H15NO2/c1-9-5-6-10(8-14)7-13(9)16-12-4-2-3-11(12)15/h5-7,11-12,15H,2-4H2,1H3. The van der Waals surface area contributed by atoms with Crippen molar-refractivity contribution in [3.8, 4) is 11.8 Å². The van der Waals surface area contributed by atoms with E-state index in [0.29, 0.717) is 11.3 Å². The first kappa shape index (κ1) is 11.0. The van der Waals surface area contributed by atoms with Crippen LogP contribution in [-0.2, 0) is 0 Å². The molecule has 0 saturated heterocycles. The Morgan fingerprint density at radius 2 is 2.25 bits per heavy atom. The molecule has 0 aromatic heterocycles. The van der Waals surface area contributed by atoms with Gasteiger partial charge in [0.2, 0.25) is 0 Å². The summed E-state index contributed by atoms with van der Waals surface area (Å²) in [7, 11) is 0. The summed E-state index contributed by atoms with van der Waals surface area (Å²) in [6.07, 6.45) is 2.21. The van der Waals surface area contributed by atoms with Crippen molar-refractivity contribution < 1.29 is 9.84 Å². The number of nitriles is 1. The number of ether oxygens (including phenoxy) is 1. The van der Waals surface area contributed by atoms with Crippen LogP contribution in [0.4, 0.5) is 0 Å². The van der Waals surface area contributed by atoms with E-state index in [4.69, 9.17) is 10.00 Å². The van der Waals surface area contributed by atoms with Crippen LogP contribution in [0.15, 0.2) is 18.2 Å². The van der Waals surface area contributed by atoms with Crippen LogP contribution in [0.3, 0.4) is 0 Å². The molecule has 3 nitrogen and oxygen atoms in total. The lowest BCUT2D eigenvalue weighted by Crippen LogP contribution is -2.25. The van der Waals surface area contributed by atoms with Gasteiger partial charge in [-0.1, -0.05) is 6.07 Å². The van der Waals surface area contributed by atoms with Gasteiger partial charge in [0.15, 0.2) is 0 Å². The third-order valence-electron chi connectivity index (χ3n) is 3.01. The minimum Gasteiger partial charge on any atom is -0.487 e. The van der Waals surface area contributed by atoms with E-state index in [9.17, 15) is 5.11 Å². The smallest absolute Gasteiger partial charge is 0.124 e. The average molecular weight is 217 g/mol. The van der Waals surface area contributed by atoms with Gasteiger partial charge < -0.3 is 9.84 Å². The number of rotatable bonds is 2. The third-order valence-corrected chi connectivity index (χ3v) is 3.01. The van der Waals surface area contributed by atoms with E-state index in [-0.39, 0.29) is 12.2 Å². The number of aliphatic hydroxyl groups excluding tert-OH is 1. The summed E-state index contributed by atoms with van der Waals surface area (Å²) in [5.74, 6) is 0.713. The van der Waals surface area contributed by atoms with E-state index in [0.717, 1.165) is 24.8 Å². The molecule has 2 rings (SSSR count). The van der Waals surface area contributed by atoms with E-state index >= 15 is 0 Å². The van der Waals surface area contributed by atoms with Crippen LogP contribution < -0.4 is 4.74 Å². The molecule has 2 unspecified atom stereocenters. The summed E-state index contributed by atoms with van der Waals surface area (Å²) in [5.41, 5.74) is 1.59. The summed E-state index contributed by atoms with van der Waals surface area (Å²) in [5, 5.41) is 18.5. The molecule has 1 aliphatic carbocycles. The zero-order valence-corrected chi connectivity index (χ0v) is 9.31. The Labute approximate surface area is 95.3 Å². The fourth-order valence-corrected chi connectivity index (χ4v) is 2.00. The van der Waals surface area contributed by atoms with Crippen molar-refractivity contribution in [1.29, 1.82) is 5.26 Å². The second-order valence-corrected chi connectivity index (χ2v) is 4.25. The van der Waals surface area contributed by atoms with Crippen LogP contribution in [0.5, 0.6) is 5.75 Å². The molecule has 16 heavy (non-hydrogen) atoms. The minimum atomic E-state index is -0.370. The average Bonchev–Trinajstić information content (AvgIpc) is 2.68. The number of aliphatic hydroxyl groups is 1. The Bertz CT molecular complexity index is 422. The SMILES string of the molecule is Cc1ccc(C#N)cc1OC1CCCC1O. The number of nitrogens with zero attached hydrogens (tertiary/aromatic N) is 1. The number of hydrogen-bond donors (Lipinski definition) is 1. The fourth-order valence-electron chi connectivity index (χ4n) is 2.00. The molecule has 1 N–H and O–H groups in total. The first-order valence-corrected chi connectivity index (χ1v) is 5.56. The zero-order chi connectivity index (χ0) is 11.5. The molecule has 0 bridgehead atoms. The maximum Gasteiger partial charge on any atom is 0.124 e. The molecule has 0 spiro atoms. The molecule has 0 radical (unpaired) electrons. The van der Waals surface area contributed by atoms with E-state index in [1.165, 1.54) is 0 Å². The van der Waals surface area contributed by atoms with Crippen molar-refractivity contribution in [1.82, 2.24) is 0 Å². The van der Waals surface area contributed by atoms with Crippen molar-refractivity contribution in [2.75, 3.05) is 0 Å². The van der Waals surface area contributed by atoms with Gasteiger partial charge in [0.25, 0.3) is 0 Å². The van der Waals surface area contributed by atoms with Crippen molar-refractivity contribution in [2.45, 2.75) is 38.4 Å². The zero-order valence-electron chi connectivity index (χ0n) is 9.31. The Hall–Kier alpha value is -1.53. The minimum absolute atomic E-state index is 0.118. The summed E-state index contributed by atoms with van der Waals surface area (Å²) >= 11 is 0. The van der Waals surface area contributed by atoms with Crippen LogP contribution >= 0.6 is 0 Å². The highest BCUT2D eigenvalue weighted by Crippen LogP contribution is 2.27. The van der Waals surface area contributed by atoms with Crippen LogP contribution in [-0.4, -0.2) is 17.3 Å². The number of aryl methyl sites for hydroxylation is 1. The Kier molecular flexibility index (Phi) is 3.12. The largest absolute Gasteiger partial charge is 0.487 e. The highest BCUT2D eigenvalue weighted by molar-refractivity contribution is 5.41. The second kappa shape index (κ2) is 4.54. The first-order valence-electron chi connectivity index (χ1n) is 5.56. The molecule has 0 heterocycles. The summed E-state index contributed by atoms with van der Waals surface area (Å²) in [6.45, 7) is 1.94. The normalized spacial score (nSPS) is 24.1. The molecule has 0 aliphatic heterocycles. The van der Waals surface area contributed by atoms with Gasteiger partial charge >= 0.3 is 0 Å². The van der Waals surface area contributed by atoms with Gasteiger partial charge in [0.1, 0.15) is 11.9 Å². The molecule has 1 aliphatic rings. The van der Waals surface area contributed by atoms with Gasteiger partial charge in [-0.2, -0.15) is 5.26 Å². The van der Waals surface area contributed by atoms with Crippen molar-refractivity contribution >= 4 is 0 Å². The molecule has 84 valence electrons. The lowest BCUT2D eigenvalue weighted by molar-refractivity contribution is 0.0599. The van der Waals surface area contributed by atoms with Crippen LogP contribution in [0.25, 0.3) is 0 Å².